The number of rotatable bonds is 4. The molecule has 1 rings (SSSR count). The van der Waals surface area contributed by atoms with Crippen LogP contribution in [-0.4, -0.2) is 18.6 Å². The molecule has 0 amide bonds. The third kappa shape index (κ3) is 3.38. The fourth-order valence-corrected chi connectivity index (χ4v) is 1.34. The van der Waals surface area contributed by atoms with Crippen LogP contribution in [0.25, 0.3) is 0 Å². The molecule has 3 nitrogen and oxygen atoms in total. The fraction of sp³-hybridized carbons (Fsp3) is 0.364. The number of benzene rings is 1. The van der Waals surface area contributed by atoms with Crippen LogP contribution in [0.3, 0.4) is 0 Å². The van der Waals surface area contributed by atoms with Crippen LogP contribution >= 0.6 is 11.6 Å². The van der Waals surface area contributed by atoms with Gasteiger partial charge in [-0.3, -0.25) is 0 Å². The van der Waals surface area contributed by atoms with Gasteiger partial charge in [0.15, 0.2) is 0 Å². The van der Waals surface area contributed by atoms with Crippen molar-refractivity contribution in [2.45, 2.75) is 19.9 Å². The normalized spacial score (nSPS) is 12.0. The molecule has 0 aromatic heterocycles. The van der Waals surface area contributed by atoms with Crippen molar-refractivity contribution < 1.29 is 13.9 Å². The van der Waals surface area contributed by atoms with Crippen LogP contribution in [0.5, 0.6) is 0 Å². The second-order valence-corrected chi connectivity index (χ2v) is 3.65. The molecule has 1 unspecified atom stereocenters. The number of halogens is 2. The lowest BCUT2D eigenvalue weighted by molar-refractivity contribution is -0.143. The molecule has 0 heterocycles. The Labute approximate surface area is 98.5 Å². The smallest absolute Gasteiger partial charge is 0.328 e. The van der Waals surface area contributed by atoms with Crippen LogP contribution in [0.1, 0.15) is 13.8 Å². The monoisotopic (exact) mass is 245 g/mol. The van der Waals surface area contributed by atoms with Crippen molar-refractivity contribution in [3.05, 3.63) is 29.0 Å². The quantitative estimate of drug-likeness (QED) is 0.829. The first-order chi connectivity index (χ1) is 7.54. The molecule has 1 aromatic carbocycles. The molecule has 1 atom stereocenters. The number of carbonyl (C=O) groups is 1. The number of esters is 1. The van der Waals surface area contributed by atoms with E-state index in [-0.39, 0.29) is 11.0 Å². The Morgan fingerprint density at radius 2 is 2.31 bits per heavy atom. The molecule has 0 fully saturated rings. The van der Waals surface area contributed by atoms with Gasteiger partial charge >= 0.3 is 5.97 Å². The van der Waals surface area contributed by atoms with Crippen LogP contribution in [0.4, 0.5) is 10.1 Å². The van der Waals surface area contributed by atoms with Crippen molar-refractivity contribution in [3.8, 4) is 0 Å². The zero-order valence-corrected chi connectivity index (χ0v) is 9.84. The Bertz CT molecular complexity index is 384. The lowest BCUT2D eigenvalue weighted by atomic mass is 10.2. The lowest BCUT2D eigenvalue weighted by Gasteiger charge is -2.13. The first-order valence-electron chi connectivity index (χ1n) is 4.92. The number of hydrogen-bond acceptors (Lipinski definition) is 3. The first kappa shape index (κ1) is 12.8. The molecule has 0 saturated carbocycles. The van der Waals surface area contributed by atoms with Gasteiger partial charge in [-0.2, -0.15) is 0 Å². The molecule has 1 aromatic rings. The average molecular weight is 246 g/mol. The summed E-state index contributed by atoms with van der Waals surface area (Å²) in [6, 6.07) is 3.67. The van der Waals surface area contributed by atoms with Crippen molar-refractivity contribution in [3.63, 3.8) is 0 Å². The zero-order valence-electron chi connectivity index (χ0n) is 9.09. The molecule has 0 aliphatic rings. The maximum Gasteiger partial charge on any atom is 0.328 e. The van der Waals surface area contributed by atoms with E-state index in [1.54, 1.807) is 13.8 Å². The summed E-state index contributed by atoms with van der Waals surface area (Å²) in [6.45, 7) is 3.73. The maximum absolute atomic E-state index is 12.9. The minimum Gasteiger partial charge on any atom is -0.464 e. The molecule has 1 N–H and O–H groups in total. The SMILES string of the molecule is CCOC(=O)C(C)Nc1ccc(F)c(Cl)c1. The third-order valence-corrected chi connectivity index (χ3v) is 2.23. The standard InChI is InChI=1S/C11H13ClFNO2/c1-3-16-11(15)7(2)14-8-4-5-10(13)9(12)6-8/h4-7,14H,3H2,1-2H3. The van der Waals surface area contributed by atoms with Gasteiger partial charge in [0.25, 0.3) is 0 Å². The highest BCUT2D eigenvalue weighted by Gasteiger charge is 2.13. The summed E-state index contributed by atoms with van der Waals surface area (Å²) in [6.07, 6.45) is 0. The minimum absolute atomic E-state index is 0.0149. The van der Waals surface area contributed by atoms with Crippen molar-refractivity contribution >= 4 is 23.3 Å². The zero-order chi connectivity index (χ0) is 12.1. The molecule has 5 heteroatoms. The lowest BCUT2D eigenvalue weighted by Crippen LogP contribution is -2.28. The maximum atomic E-state index is 12.9. The number of ether oxygens (including phenoxy) is 1. The number of anilines is 1. The van der Waals surface area contributed by atoms with Crippen molar-refractivity contribution in [1.29, 1.82) is 0 Å². The highest BCUT2D eigenvalue weighted by Crippen LogP contribution is 2.19. The predicted octanol–water partition coefficient (Wildman–Crippen LogP) is 2.84. The summed E-state index contributed by atoms with van der Waals surface area (Å²) in [5.41, 5.74) is 0.576. The molecule has 16 heavy (non-hydrogen) atoms. The Kier molecular flexibility index (Phi) is 4.55. The van der Waals surface area contributed by atoms with Crippen LogP contribution < -0.4 is 5.32 Å². The van der Waals surface area contributed by atoms with E-state index in [0.29, 0.717) is 12.3 Å². The highest BCUT2D eigenvalue weighted by atomic mass is 35.5. The van der Waals surface area contributed by atoms with Crippen molar-refractivity contribution in [2.24, 2.45) is 0 Å². The Morgan fingerprint density at radius 3 is 2.88 bits per heavy atom. The summed E-state index contributed by atoms with van der Waals surface area (Å²) >= 11 is 5.61. The van der Waals surface area contributed by atoms with Gasteiger partial charge in [0.05, 0.1) is 11.6 Å². The van der Waals surface area contributed by atoms with E-state index in [9.17, 15) is 9.18 Å². The van der Waals surface area contributed by atoms with E-state index in [1.807, 2.05) is 0 Å². The summed E-state index contributed by atoms with van der Waals surface area (Å²) < 4.78 is 17.7. The van der Waals surface area contributed by atoms with Gasteiger partial charge in [-0.05, 0) is 32.0 Å². The Morgan fingerprint density at radius 1 is 1.62 bits per heavy atom. The van der Waals surface area contributed by atoms with Gasteiger partial charge < -0.3 is 10.1 Å². The van der Waals surface area contributed by atoms with E-state index >= 15 is 0 Å². The van der Waals surface area contributed by atoms with E-state index in [4.69, 9.17) is 16.3 Å². The Hall–Kier alpha value is -1.29. The van der Waals surface area contributed by atoms with E-state index < -0.39 is 11.9 Å². The molecule has 88 valence electrons. The molecule has 0 bridgehead atoms. The summed E-state index contributed by atoms with van der Waals surface area (Å²) in [7, 11) is 0. The third-order valence-electron chi connectivity index (χ3n) is 1.94. The highest BCUT2D eigenvalue weighted by molar-refractivity contribution is 6.31. The Balaban J connectivity index is 2.66. The van der Waals surface area contributed by atoms with Gasteiger partial charge in [-0.1, -0.05) is 11.6 Å². The van der Waals surface area contributed by atoms with Crippen molar-refractivity contribution in [1.82, 2.24) is 0 Å². The van der Waals surface area contributed by atoms with Gasteiger partial charge in [0.1, 0.15) is 11.9 Å². The molecule has 0 radical (unpaired) electrons. The molecule has 0 saturated heterocycles. The van der Waals surface area contributed by atoms with E-state index in [2.05, 4.69) is 5.32 Å². The summed E-state index contributed by atoms with van der Waals surface area (Å²) in [5, 5.41) is 2.88. The second kappa shape index (κ2) is 5.70. The molecular formula is C11H13ClFNO2. The first-order valence-corrected chi connectivity index (χ1v) is 5.30. The van der Waals surface area contributed by atoms with Crippen LogP contribution in [0.2, 0.25) is 5.02 Å². The van der Waals surface area contributed by atoms with Crippen LogP contribution in [0.15, 0.2) is 18.2 Å². The minimum atomic E-state index is -0.499. The summed E-state index contributed by atoms with van der Waals surface area (Å²) in [4.78, 5) is 11.3. The predicted molar refractivity (Wildman–Crippen MR) is 61.1 cm³/mol. The number of hydrogen-bond donors (Lipinski definition) is 1. The van der Waals surface area contributed by atoms with Crippen LogP contribution in [-0.2, 0) is 9.53 Å². The fourth-order valence-electron chi connectivity index (χ4n) is 1.16. The van der Waals surface area contributed by atoms with E-state index in [0.717, 1.165) is 0 Å². The number of nitrogens with one attached hydrogen (secondary N) is 1. The van der Waals surface area contributed by atoms with Gasteiger partial charge in [-0.25, -0.2) is 9.18 Å². The van der Waals surface area contributed by atoms with Crippen molar-refractivity contribution in [2.75, 3.05) is 11.9 Å². The van der Waals surface area contributed by atoms with Gasteiger partial charge in [0.2, 0.25) is 0 Å². The molecular weight excluding hydrogens is 233 g/mol. The van der Waals surface area contributed by atoms with Crippen LogP contribution in [0, 0.1) is 5.82 Å². The summed E-state index contributed by atoms with van der Waals surface area (Å²) in [5.74, 6) is -0.848. The second-order valence-electron chi connectivity index (χ2n) is 3.25. The van der Waals surface area contributed by atoms with E-state index in [1.165, 1.54) is 18.2 Å². The largest absolute Gasteiger partial charge is 0.464 e. The average Bonchev–Trinajstić information content (AvgIpc) is 2.24. The molecule has 0 aliphatic carbocycles. The topological polar surface area (TPSA) is 38.3 Å². The molecule has 0 aliphatic heterocycles. The molecule has 0 spiro atoms. The van der Waals surface area contributed by atoms with Gasteiger partial charge in [-0.15, -0.1) is 0 Å². The van der Waals surface area contributed by atoms with Gasteiger partial charge in [0, 0.05) is 5.69 Å². The number of carbonyl (C=O) groups excluding carboxylic acids is 1.